The number of nitrogens with one attached hydrogen (secondary N) is 1. The molecule has 6 nitrogen and oxygen atoms in total. The zero-order valence-electron chi connectivity index (χ0n) is 12.8. The summed E-state index contributed by atoms with van der Waals surface area (Å²) in [6, 6.07) is 5.37. The summed E-state index contributed by atoms with van der Waals surface area (Å²) < 4.78 is 5.31. The molecule has 1 aliphatic heterocycles. The molecule has 2 heterocycles. The Morgan fingerprint density at radius 3 is 2.74 bits per heavy atom. The molecule has 0 aliphatic carbocycles. The molecule has 2 aromatic rings. The molecule has 120 valence electrons. The van der Waals surface area contributed by atoms with E-state index in [2.05, 4.69) is 20.2 Å². The summed E-state index contributed by atoms with van der Waals surface area (Å²) in [6.07, 6.45) is 3.10. The summed E-state index contributed by atoms with van der Waals surface area (Å²) in [4.78, 5) is 22.9. The summed E-state index contributed by atoms with van der Waals surface area (Å²) in [5.74, 6) is 0.445. The summed E-state index contributed by atoms with van der Waals surface area (Å²) in [5.41, 5.74) is 1.75. The maximum atomic E-state index is 12.3. The third-order valence-corrected chi connectivity index (χ3v) is 4.13. The topological polar surface area (TPSA) is 67.4 Å². The van der Waals surface area contributed by atoms with Crippen molar-refractivity contribution in [2.45, 2.75) is 6.92 Å². The van der Waals surface area contributed by atoms with Gasteiger partial charge in [-0.15, -0.1) is 0 Å². The largest absolute Gasteiger partial charge is 0.378 e. The van der Waals surface area contributed by atoms with E-state index in [4.69, 9.17) is 16.3 Å². The predicted octanol–water partition coefficient (Wildman–Crippen LogP) is 2.53. The first-order valence-electron chi connectivity index (χ1n) is 7.36. The van der Waals surface area contributed by atoms with Crippen LogP contribution in [0, 0.1) is 6.92 Å². The third-order valence-electron chi connectivity index (χ3n) is 3.72. The second-order valence-corrected chi connectivity index (χ2v) is 5.63. The van der Waals surface area contributed by atoms with Crippen LogP contribution in [0.4, 0.5) is 11.5 Å². The number of aromatic nitrogens is 2. The lowest BCUT2D eigenvalue weighted by Gasteiger charge is -2.27. The highest BCUT2D eigenvalue weighted by atomic mass is 35.5. The number of morpholine rings is 1. The van der Waals surface area contributed by atoms with Crippen LogP contribution in [0.1, 0.15) is 16.1 Å². The van der Waals surface area contributed by atoms with E-state index in [1.54, 1.807) is 24.4 Å². The number of hydrogen-bond acceptors (Lipinski definition) is 5. The van der Waals surface area contributed by atoms with Crippen molar-refractivity contribution in [3.05, 3.63) is 46.9 Å². The Bertz CT molecular complexity index is 700. The van der Waals surface area contributed by atoms with Gasteiger partial charge in [0.05, 0.1) is 25.6 Å². The first-order valence-corrected chi connectivity index (χ1v) is 7.74. The van der Waals surface area contributed by atoms with E-state index < -0.39 is 0 Å². The smallest absolute Gasteiger partial charge is 0.275 e. The standard InChI is InChI=1S/C16H17ClN4O2/c1-11-12(17)3-2-4-13(11)20-16(22)14-9-19-15(10-18-14)21-5-7-23-8-6-21/h2-4,9-10H,5-8H2,1H3,(H,20,22). The van der Waals surface area contributed by atoms with Gasteiger partial charge in [0.25, 0.3) is 5.91 Å². The summed E-state index contributed by atoms with van der Waals surface area (Å²) in [6.45, 7) is 4.77. The minimum Gasteiger partial charge on any atom is -0.378 e. The fourth-order valence-corrected chi connectivity index (χ4v) is 2.50. The van der Waals surface area contributed by atoms with Crippen LogP contribution in [-0.2, 0) is 4.74 Å². The molecule has 3 rings (SSSR count). The first-order chi connectivity index (χ1) is 11.1. The molecule has 0 bridgehead atoms. The molecular weight excluding hydrogens is 316 g/mol. The van der Waals surface area contributed by atoms with Crippen LogP contribution in [0.25, 0.3) is 0 Å². The van der Waals surface area contributed by atoms with Gasteiger partial charge in [-0.25, -0.2) is 9.97 Å². The van der Waals surface area contributed by atoms with Crippen molar-refractivity contribution in [1.82, 2.24) is 9.97 Å². The molecule has 23 heavy (non-hydrogen) atoms. The zero-order valence-corrected chi connectivity index (χ0v) is 13.5. The second kappa shape index (κ2) is 6.93. The number of carbonyl (C=O) groups excluding carboxylic acids is 1. The molecule has 0 spiro atoms. The van der Waals surface area contributed by atoms with Gasteiger partial charge in [0.1, 0.15) is 11.5 Å². The SMILES string of the molecule is Cc1c(Cl)cccc1NC(=O)c1cnc(N2CCOCC2)cn1. The van der Waals surface area contributed by atoms with E-state index in [1.807, 2.05) is 6.92 Å². The molecular formula is C16H17ClN4O2. The molecule has 1 amide bonds. The zero-order chi connectivity index (χ0) is 16.2. The van der Waals surface area contributed by atoms with Crippen molar-refractivity contribution in [1.29, 1.82) is 0 Å². The highest BCUT2D eigenvalue weighted by Gasteiger charge is 2.15. The number of carbonyl (C=O) groups is 1. The van der Waals surface area contributed by atoms with Gasteiger partial charge in [0.2, 0.25) is 0 Å². The van der Waals surface area contributed by atoms with E-state index in [0.29, 0.717) is 23.9 Å². The Morgan fingerprint density at radius 2 is 2.04 bits per heavy atom. The molecule has 0 atom stereocenters. The number of benzene rings is 1. The van der Waals surface area contributed by atoms with Crippen molar-refractivity contribution >= 4 is 29.0 Å². The fraction of sp³-hybridized carbons (Fsp3) is 0.312. The Kier molecular flexibility index (Phi) is 4.73. The van der Waals surface area contributed by atoms with E-state index in [9.17, 15) is 4.79 Å². The maximum absolute atomic E-state index is 12.3. The van der Waals surface area contributed by atoms with Gasteiger partial charge < -0.3 is 15.0 Å². The number of hydrogen-bond donors (Lipinski definition) is 1. The number of amides is 1. The Labute approximate surface area is 139 Å². The van der Waals surface area contributed by atoms with Gasteiger partial charge in [0, 0.05) is 23.8 Å². The molecule has 7 heteroatoms. The Balaban J connectivity index is 1.71. The minimum absolute atomic E-state index is 0.265. The van der Waals surface area contributed by atoms with Crippen molar-refractivity contribution in [2.75, 3.05) is 36.5 Å². The van der Waals surface area contributed by atoms with Crippen LogP contribution in [-0.4, -0.2) is 42.2 Å². The average molecular weight is 333 g/mol. The molecule has 1 saturated heterocycles. The predicted molar refractivity (Wildman–Crippen MR) is 89.2 cm³/mol. The molecule has 1 aromatic heterocycles. The number of anilines is 2. The van der Waals surface area contributed by atoms with Crippen LogP contribution in [0.5, 0.6) is 0 Å². The van der Waals surface area contributed by atoms with E-state index in [0.717, 1.165) is 24.5 Å². The first kappa shape index (κ1) is 15.7. The number of ether oxygens (including phenoxy) is 1. The lowest BCUT2D eigenvalue weighted by molar-refractivity contribution is 0.102. The molecule has 1 aromatic carbocycles. The fourth-order valence-electron chi connectivity index (χ4n) is 2.32. The second-order valence-electron chi connectivity index (χ2n) is 5.23. The molecule has 1 N–H and O–H groups in total. The molecule has 1 fully saturated rings. The monoisotopic (exact) mass is 332 g/mol. The van der Waals surface area contributed by atoms with Gasteiger partial charge in [-0.2, -0.15) is 0 Å². The summed E-state index contributed by atoms with van der Waals surface area (Å²) >= 11 is 6.06. The number of halogens is 1. The van der Waals surface area contributed by atoms with Gasteiger partial charge in [-0.3, -0.25) is 4.79 Å². The molecule has 1 aliphatic rings. The van der Waals surface area contributed by atoms with Crippen molar-refractivity contribution in [2.24, 2.45) is 0 Å². The van der Waals surface area contributed by atoms with E-state index in [-0.39, 0.29) is 11.6 Å². The highest BCUT2D eigenvalue weighted by molar-refractivity contribution is 6.31. The summed E-state index contributed by atoms with van der Waals surface area (Å²) in [7, 11) is 0. The maximum Gasteiger partial charge on any atom is 0.275 e. The normalized spacial score (nSPS) is 14.6. The third kappa shape index (κ3) is 3.60. The Morgan fingerprint density at radius 1 is 1.26 bits per heavy atom. The highest BCUT2D eigenvalue weighted by Crippen LogP contribution is 2.23. The number of rotatable bonds is 3. The van der Waals surface area contributed by atoms with Crippen LogP contribution >= 0.6 is 11.6 Å². The molecule has 0 radical (unpaired) electrons. The lowest BCUT2D eigenvalue weighted by atomic mass is 10.2. The molecule has 0 unspecified atom stereocenters. The van der Waals surface area contributed by atoms with E-state index in [1.165, 1.54) is 6.20 Å². The number of nitrogens with zero attached hydrogens (tertiary/aromatic N) is 3. The summed E-state index contributed by atoms with van der Waals surface area (Å²) in [5, 5.41) is 3.41. The van der Waals surface area contributed by atoms with Crippen LogP contribution < -0.4 is 10.2 Å². The quantitative estimate of drug-likeness (QED) is 0.935. The van der Waals surface area contributed by atoms with Crippen LogP contribution in [0.15, 0.2) is 30.6 Å². The van der Waals surface area contributed by atoms with Gasteiger partial charge in [0.15, 0.2) is 0 Å². The van der Waals surface area contributed by atoms with Gasteiger partial charge in [-0.05, 0) is 24.6 Å². The molecule has 0 saturated carbocycles. The Hall–Kier alpha value is -2.18. The van der Waals surface area contributed by atoms with E-state index >= 15 is 0 Å². The van der Waals surface area contributed by atoms with Crippen molar-refractivity contribution in [3.8, 4) is 0 Å². The lowest BCUT2D eigenvalue weighted by Crippen LogP contribution is -2.36. The van der Waals surface area contributed by atoms with Crippen LogP contribution in [0.3, 0.4) is 0 Å². The average Bonchev–Trinajstić information content (AvgIpc) is 2.60. The van der Waals surface area contributed by atoms with Gasteiger partial charge in [-0.1, -0.05) is 17.7 Å². The van der Waals surface area contributed by atoms with Crippen LogP contribution in [0.2, 0.25) is 5.02 Å². The van der Waals surface area contributed by atoms with Crippen molar-refractivity contribution < 1.29 is 9.53 Å². The van der Waals surface area contributed by atoms with Gasteiger partial charge >= 0.3 is 0 Å². The van der Waals surface area contributed by atoms with Crippen molar-refractivity contribution in [3.63, 3.8) is 0 Å². The minimum atomic E-state index is -0.309.